The molecule has 1 heterocycles. The van der Waals surface area contributed by atoms with Gasteiger partial charge in [-0.1, -0.05) is 6.07 Å². The number of aromatic hydroxyl groups is 1. The first-order valence-corrected chi connectivity index (χ1v) is 11.1. The molecule has 0 aromatic heterocycles. The summed E-state index contributed by atoms with van der Waals surface area (Å²) in [5.41, 5.74) is 8.52. The first-order chi connectivity index (χ1) is 16.8. The Balaban J connectivity index is 1.96. The summed E-state index contributed by atoms with van der Waals surface area (Å²) < 4.78 is 10.5. The Hall–Kier alpha value is -4.34. The van der Waals surface area contributed by atoms with Gasteiger partial charge < -0.3 is 20.3 Å². The molecule has 1 unspecified atom stereocenters. The number of benzene rings is 2. The molecule has 10 heteroatoms. The number of hydrogen-bond acceptors (Lipinski definition) is 9. The third-order valence-electron chi connectivity index (χ3n) is 6.14. The number of phenols is 1. The summed E-state index contributed by atoms with van der Waals surface area (Å²) in [6.45, 7) is 1.75. The van der Waals surface area contributed by atoms with E-state index in [-0.39, 0.29) is 41.0 Å². The van der Waals surface area contributed by atoms with Gasteiger partial charge in [0.1, 0.15) is 5.82 Å². The quantitative estimate of drug-likeness (QED) is 0.360. The van der Waals surface area contributed by atoms with E-state index in [1.807, 2.05) is 0 Å². The summed E-state index contributed by atoms with van der Waals surface area (Å²) >= 11 is 0. The number of anilines is 1. The molecule has 0 spiro atoms. The van der Waals surface area contributed by atoms with E-state index in [2.05, 4.69) is 0 Å². The van der Waals surface area contributed by atoms with Crippen LogP contribution in [0.4, 0.5) is 11.4 Å². The van der Waals surface area contributed by atoms with Gasteiger partial charge in [0.15, 0.2) is 17.3 Å². The number of ketones is 1. The van der Waals surface area contributed by atoms with Gasteiger partial charge in [0.25, 0.3) is 5.69 Å². The number of allylic oxidation sites excluding steroid dienone is 2. The number of esters is 1. The molecule has 0 fully saturated rings. The molecule has 0 bridgehead atoms. The second kappa shape index (κ2) is 9.49. The van der Waals surface area contributed by atoms with Gasteiger partial charge in [-0.3, -0.25) is 19.8 Å². The van der Waals surface area contributed by atoms with E-state index in [1.165, 1.54) is 37.4 Å². The number of Topliss-reactive ketones (excluding diaryl/α,β-unsaturated/α-hetero) is 1. The predicted molar refractivity (Wildman–Crippen MR) is 127 cm³/mol. The van der Waals surface area contributed by atoms with Gasteiger partial charge in [0.2, 0.25) is 0 Å². The zero-order chi connectivity index (χ0) is 25.3. The minimum absolute atomic E-state index is 0.0590. The highest BCUT2D eigenvalue weighted by molar-refractivity contribution is 6.05. The zero-order valence-corrected chi connectivity index (χ0v) is 19.3. The number of non-ortho nitro benzene ring substituents is 1. The maximum Gasteiger partial charge on any atom is 0.338 e. The van der Waals surface area contributed by atoms with E-state index >= 15 is 0 Å². The number of carbonyl (C=O) groups is 2. The monoisotopic (exact) mass is 479 g/mol. The molecule has 2 aromatic carbocycles. The van der Waals surface area contributed by atoms with Crippen LogP contribution in [-0.2, 0) is 14.3 Å². The standard InChI is InChI=1S/C25H25N3O7/c1-3-35-25(31)23-21(14-7-12-20(34-2)19(30)13-14)22-17(5-4-6-18(22)29)27(24(23)26)15-8-10-16(11-9-15)28(32)33/h7-13,21,30H,3-6,26H2,1-2H3. The third-order valence-corrected chi connectivity index (χ3v) is 6.14. The lowest BCUT2D eigenvalue weighted by Gasteiger charge is -2.40. The van der Waals surface area contributed by atoms with Crippen molar-refractivity contribution in [2.24, 2.45) is 5.73 Å². The molecule has 2 aromatic rings. The summed E-state index contributed by atoms with van der Waals surface area (Å²) in [5.74, 6) is -1.53. The summed E-state index contributed by atoms with van der Waals surface area (Å²) in [6.07, 6.45) is 1.39. The molecule has 182 valence electrons. The number of hydrogen-bond donors (Lipinski definition) is 2. The second-order valence-corrected chi connectivity index (χ2v) is 8.13. The fraction of sp³-hybridized carbons (Fsp3) is 0.280. The number of rotatable bonds is 6. The molecule has 2 aliphatic rings. The van der Waals surface area contributed by atoms with Crippen molar-refractivity contribution in [2.75, 3.05) is 18.6 Å². The number of methoxy groups -OCH3 is 1. The molecule has 4 rings (SSSR count). The molecule has 35 heavy (non-hydrogen) atoms. The van der Waals surface area contributed by atoms with Gasteiger partial charge >= 0.3 is 5.97 Å². The topological polar surface area (TPSA) is 145 Å². The fourth-order valence-electron chi connectivity index (χ4n) is 4.63. The van der Waals surface area contributed by atoms with Crippen LogP contribution < -0.4 is 15.4 Å². The molecule has 0 amide bonds. The van der Waals surface area contributed by atoms with Gasteiger partial charge in [0, 0.05) is 35.5 Å². The molecule has 1 atom stereocenters. The lowest BCUT2D eigenvalue weighted by molar-refractivity contribution is -0.384. The van der Waals surface area contributed by atoms with Crippen LogP contribution in [-0.4, -0.2) is 35.5 Å². The minimum Gasteiger partial charge on any atom is -0.504 e. The largest absolute Gasteiger partial charge is 0.504 e. The Kier molecular flexibility index (Phi) is 6.46. The van der Waals surface area contributed by atoms with Crippen LogP contribution in [0.1, 0.15) is 37.7 Å². The van der Waals surface area contributed by atoms with Gasteiger partial charge in [-0.15, -0.1) is 0 Å². The highest BCUT2D eigenvalue weighted by Gasteiger charge is 2.43. The van der Waals surface area contributed by atoms with Crippen LogP contribution in [0.5, 0.6) is 11.5 Å². The average Bonchev–Trinajstić information content (AvgIpc) is 2.83. The van der Waals surface area contributed by atoms with Crippen molar-refractivity contribution in [3.63, 3.8) is 0 Å². The van der Waals surface area contributed by atoms with E-state index in [0.29, 0.717) is 41.8 Å². The van der Waals surface area contributed by atoms with E-state index in [1.54, 1.807) is 24.0 Å². The van der Waals surface area contributed by atoms with Crippen molar-refractivity contribution >= 4 is 23.1 Å². The van der Waals surface area contributed by atoms with Crippen LogP contribution >= 0.6 is 0 Å². The average molecular weight is 479 g/mol. The number of nitrogens with zero attached hydrogens (tertiary/aromatic N) is 2. The Morgan fingerprint density at radius 1 is 1.23 bits per heavy atom. The Labute approximate surface area is 201 Å². The molecule has 10 nitrogen and oxygen atoms in total. The number of nitrogens with two attached hydrogens (primary N) is 1. The molecule has 3 N–H and O–H groups in total. The highest BCUT2D eigenvalue weighted by atomic mass is 16.6. The van der Waals surface area contributed by atoms with Gasteiger partial charge in [-0.25, -0.2) is 4.79 Å². The van der Waals surface area contributed by atoms with Crippen molar-refractivity contribution in [3.8, 4) is 11.5 Å². The molecular formula is C25H25N3O7. The van der Waals surface area contributed by atoms with Crippen molar-refractivity contribution in [1.82, 2.24) is 0 Å². The maximum absolute atomic E-state index is 13.3. The molecule has 0 radical (unpaired) electrons. The zero-order valence-electron chi connectivity index (χ0n) is 19.3. The van der Waals surface area contributed by atoms with Crippen LogP contribution in [0.25, 0.3) is 0 Å². The molecule has 1 aliphatic heterocycles. The van der Waals surface area contributed by atoms with Crippen molar-refractivity contribution in [1.29, 1.82) is 0 Å². The van der Waals surface area contributed by atoms with Crippen molar-refractivity contribution < 1.29 is 29.1 Å². The molecule has 0 saturated heterocycles. The number of phenolic OH excluding ortho intramolecular Hbond substituents is 1. The number of carbonyl (C=O) groups excluding carboxylic acids is 2. The predicted octanol–water partition coefficient (Wildman–Crippen LogP) is 3.65. The SMILES string of the molecule is CCOC(=O)C1=C(N)N(c2ccc([N+](=O)[O-])cc2)C2=C(C(=O)CCC2)C1c1ccc(OC)c(O)c1. The Bertz CT molecular complexity index is 1260. The summed E-state index contributed by atoms with van der Waals surface area (Å²) in [7, 11) is 1.42. The summed E-state index contributed by atoms with van der Waals surface area (Å²) in [6, 6.07) is 10.4. The number of nitro benzene ring substituents is 1. The van der Waals surface area contributed by atoms with E-state index in [0.717, 1.165) is 0 Å². The van der Waals surface area contributed by atoms with Gasteiger partial charge in [-0.2, -0.15) is 0 Å². The lowest BCUT2D eigenvalue weighted by Crippen LogP contribution is -2.41. The maximum atomic E-state index is 13.3. The fourth-order valence-corrected chi connectivity index (χ4v) is 4.63. The number of nitro groups is 1. The Morgan fingerprint density at radius 3 is 2.54 bits per heavy atom. The molecule has 0 saturated carbocycles. The normalized spacial score (nSPS) is 17.8. The number of ether oxygens (including phenoxy) is 2. The van der Waals surface area contributed by atoms with Crippen LogP contribution in [0.2, 0.25) is 0 Å². The van der Waals surface area contributed by atoms with Crippen LogP contribution in [0, 0.1) is 10.1 Å². The minimum atomic E-state index is -0.858. The molecular weight excluding hydrogens is 454 g/mol. The first-order valence-electron chi connectivity index (χ1n) is 11.1. The van der Waals surface area contributed by atoms with Crippen LogP contribution in [0.3, 0.4) is 0 Å². The van der Waals surface area contributed by atoms with Gasteiger partial charge in [0.05, 0.1) is 30.1 Å². The van der Waals surface area contributed by atoms with E-state index < -0.39 is 16.8 Å². The van der Waals surface area contributed by atoms with Gasteiger partial charge in [-0.05, 0) is 49.6 Å². The smallest absolute Gasteiger partial charge is 0.338 e. The first kappa shape index (κ1) is 23.8. The second-order valence-electron chi connectivity index (χ2n) is 8.13. The van der Waals surface area contributed by atoms with Crippen LogP contribution in [0.15, 0.2) is 65.1 Å². The van der Waals surface area contributed by atoms with Crippen molar-refractivity contribution in [2.45, 2.75) is 32.1 Å². The Morgan fingerprint density at radius 2 is 1.94 bits per heavy atom. The summed E-state index contributed by atoms with van der Waals surface area (Å²) in [5, 5.41) is 21.5. The van der Waals surface area contributed by atoms with E-state index in [9.17, 15) is 24.8 Å². The lowest BCUT2D eigenvalue weighted by atomic mass is 9.75. The van der Waals surface area contributed by atoms with Crippen molar-refractivity contribution in [3.05, 3.63) is 80.8 Å². The third kappa shape index (κ3) is 4.18. The van der Waals surface area contributed by atoms with E-state index in [4.69, 9.17) is 15.2 Å². The molecule has 1 aliphatic carbocycles. The summed E-state index contributed by atoms with van der Waals surface area (Å²) in [4.78, 5) is 38.7. The highest BCUT2D eigenvalue weighted by Crippen LogP contribution is 2.48.